The number of fused-ring (bicyclic) bond motifs is 2. The molecule has 25 heavy (non-hydrogen) atoms. The van der Waals surface area contributed by atoms with Gasteiger partial charge in [-0.05, 0) is 31.8 Å². The van der Waals surface area contributed by atoms with Crippen molar-refractivity contribution in [1.29, 1.82) is 0 Å². The molecule has 2 fully saturated rings. The Balaban J connectivity index is 1.73. The van der Waals surface area contributed by atoms with Crippen LogP contribution in [0.15, 0.2) is 25.2 Å². The van der Waals surface area contributed by atoms with Crippen LogP contribution in [0.2, 0.25) is 0 Å². The average Bonchev–Trinajstić information content (AvgIpc) is 3.24. The fourth-order valence-corrected chi connectivity index (χ4v) is 4.17. The summed E-state index contributed by atoms with van der Waals surface area (Å²) in [6.45, 7) is 7.47. The lowest BCUT2D eigenvalue weighted by Gasteiger charge is -2.38. The van der Waals surface area contributed by atoms with E-state index in [0.29, 0.717) is 23.7 Å². The Labute approximate surface area is 145 Å². The molecule has 0 bridgehead atoms. The van der Waals surface area contributed by atoms with Crippen LogP contribution in [0.3, 0.4) is 0 Å². The second kappa shape index (κ2) is 5.98. The van der Waals surface area contributed by atoms with E-state index in [4.69, 9.17) is 0 Å². The summed E-state index contributed by atoms with van der Waals surface area (Å²) in [5, 5.41) is 0.780. The number of hydrogen-bond acceptors (Lipinski definition) is 5. The quantitative estimate of drug-likeness (QED) is 0.681. The molecule has 0 spiro atoms. The summed E-state index contributed by atoms with van der Waals surface area (Å²) in [5.74, 6) is 1.30. The van der Waals surface area contributed by atoms with Crippen molar-refractivity contribution in [1.82, 2.24) is 19.9 Å². The fraction of sp³-hybridized carbons (Fsp3) is 0.444. The minimum absolute atomic E-state index is 0.00912. The van der Waals surface area contributed by atoms with E-state index in [2.05, 4.69) is 26.4 Å². The maximum absolute atomic E-state index is 12.0. The number of carbonyl (C=O) groups excluding carboxylic acids is 2. The van der Waals surface area contributed by atoms with Crippen LogP contribution < -0.4 is 4.90 Å². The van der Waals surface area contributed by atoms with Crippen LogP contribution in [0.25, 0.3) is 11.0 Å². The second-order valence-electron chi connectivity index (χ2n) is 6.77. The van der Waals surface area contributed by atoms with Gasteiger partial charge in [0.25, 0.3) is 0 Å². The first-order valence-corrected chi connectivity index (χ1v) is 8.61. The maximum atomic E-state index is 12.0. The number of aromatic nitrogens is 3. The number of likely N-dealkylation sites (tertiary alicyclic amines) is 1. The number of rotatable bonds is 3. The second-order valence-corrected chi connectivity index (χ2v) is 6.77. The molecule has 2 aliphatic rings. The van der Waals surface area contributed by atoms with Crippen LogP contribution in [0.4, 0.5) is 5.82 Å². The van der Waals surface area contributed by atoms with Crippen LogP contribution in [0.5, 0.6) is 0 Å². The smallest absolute Gasteiger partial charge is 0.246 e. The Morgan fingerprint density at radius 3 is 2.88 bits per heavy atom. The lowest BCUT2D eigenvalue weighted by molar-refractivity contribution is -0.127. The first-order chi connectivity index (χ1) is 12.1. The minimum Gasteiger partial charge on any atom is -0.351 e. The highest BCUT2D eigenvalue weighted by Crippen LogP contribution is 2.37. The van der Waals surface area contributed by atoms with E-state index in [-0.39, 0.29) is 17.7 Å². The van der Waals surface area contributed by atoms with Crippen molar-refractivity contribution in [2.75, 3.05) is 24.5 Å². The SMILES string of the molecule is C=CC(=O)N1CCC2CCN(c3ncnc4[nH]cc(C(C)=O)c34)C2C1. The van der Waals surface area contributed by atoms with Gasteiger partial charge in [0.1, 0.15) is 17.8 Å². The normalized spacial score (nSPS) is 22.9. The predicted molar refractivity (Wildman–Crippen MR) is 94.5 cm³/mol. The molecule has 2 unspecified atom stereocenters. The van der Waals surface area contributed by atoms with E-state index < -0.39 is 0 Å². The van der Waals surface area contributed by atoms with E-state index in [0.717, 1.165) is 37.1 Å². The number of nitrogens with zero attached hydrogens (tertiary/aromatic N) is 4. The molecular formula is C18H21N5O2. The number of piperidine rings is 1. The van der Waals surface area contributed by atoms with Gasteiger partial charge in [-0.3, -0.25) is 9.59 Å². The zero-order chi connectivity index (χ0) is 17.6. The predicted octanol–water partition coefficient (Wildman–Crippen LogP) is 1.77. The van der Waals surface area contributed by atoms with Crippen LogP contribution in [-0.2, 0) is 4.79 Å². The largest absolute Gasteiger partial charge is 0.351 e. The molecule has 2 aromatic rings. The molecule has 7 heteroatoms. The Bertz CT molecular complexity index is 858. The fourth-order valence-electron chi connectivity index (χ4n) is 4.17. The highest BCUT2D eigenvalue weighted by molar-refractivity contribution is 6.09. The average molecular weight is 339 g/mol. The van der Waals surface area contributed by atoms with Gasteiger partial charge in [-0.2, -0.15) is 0 Å². The topological polar surface area (TPSA) is 82.2 Å². The van der Waals surface area contributed by atoms with Gasteiger partial charge in [0.15, 0.2) is 5.78 Å². The van der Waals surface area contributed by atoms with Gasteiger partial charge >= 0.3 is 0 Å². The first-order valence-electron chi connectivity index (χ1n) is 8.61. The lowest BCUT2D eigenvalue weighted by Crippen LogP contribution is -2.50. The maximum Gasteiger partial charge on any atom is 0.246 e. The number of Topliss-reactive ketones (excluding diaryl/α,β-unsaturated/α-hetero) is 1. The molecule has 7 nitrogen and oxygen atoms in total. The zero-order valence-corrected chi connectivity index (χ0v) is 14.2. The molecule has 0 aromatic carbocycles. The van der Waals surface area contributed by atoms with Gasteiger partial charge in [-0.1, -0.05) is 6.58 Å². The van der Waals surface area contributed by atoms with Gasteiger partial charge in [0.2, 0.25) is 5.91 Å². The molecule has 1 N–H and O–H groups in total. The third-order valence-electron chi connectivity index (χ3n) is 5.45. The first kappa shape index (κ1) is 15.8. The van der Waals surface area contributed by atoms with Crippen molar-refractivity contribution in [3.63, 3.8) is 0 Å². The Morgan fingerprint density at radius 1 is 1.32 bits per heavy atom. The van der Waals surface area contributed by atoms with Gasteiger partial charge in [-0.15, -0.1) is 0 Å². The van der Waals surface area contributed by atoms with E-state index >= 15 is 0 Å². The van der Waals surface area contributed by atoms with Crippen molar-refractivity contribution in [2.45, 2.75) is 25.8 Å². The Hall–Kier alpha value is -2.70. The summed E-state index contributed by atoms with van der Waals surface area (Å²) in [5.41, 5.74) is 1.29. The van der Waals surface area contributed by atoms with E-state index in [1.807, 2.05) is 4.90 Å². The number of H-pyrrole nitrogens is 1. The highest BCUT2D eigenvalue weighted by atomic mass is 16.2. The van der Waals surface area contributed by atoms with Crippen molar-refractivity contribution >= 4 is 28.5 Å². The third kappa shape index (κ3) is 2.50. The summed E-state index contributed by atoms with van der Waals surface area (Å²) >= 11 is 0. The third-order valence-corrected chi connectivity index (χ3v) is 5.45. The monoisotopic (exact) mass is 339 g/mol. The molecule has 2 aliphatic heterocycles. The summed E-state index contributed by atoms with van der Waals surface area (Å²) in [6.07, 6.45) is 6.67. The molecule has 2 saturated heterocycles. The summed E-state index contributed by atoms with van der Waals surface area (Å²) in [6, 6.07) is 0.213. The summed E-state index contributed by atoms with van der Waals surface area (Å²) in [7, 11) is 0. The molecule has 0 aliphatic carbocycles. The molecule has 130 valence electrons. The number of nitrogens with one attached hydrogen (secondary N) is 1. The number of hydrogen-bond donors (Lipinski definition) is 1. The van der Waals surface area contributed by atoms with Crippen molar-refractivity contribution in [3.8, 4) is 0 Å². The van der Waals surface area contributed by atoms with Crippen LogP contribution in [-0.4, -0.2) is 57.2 Å². The molecule has 4 heterocycles. The Kier molecular flexibility index (Phi) is 3.78. The lowest BCUT2D eigenvalue weighted by atomic mass is 9.92. The molecule has 4 rings (SSSR count). The molecule has 2 aromatic heterocycles. The van der Waals surface area contributed by atoms with E-state index in [1.165, 1.54) is 12.4 Å². The summed E-state index contributed by atoms with van der Waals surface area (Å²) < 4.78 is 0. The van der Waals surface area contributed by atoms with Crippen LogP contribution >= 0.6 is 0 Å². The number of ketones is 1. The van der Waals surface area contributed by atoms with Crippen LogP contribution in [0, 0.1) is 5.92 Å². The van der Waals surface area contributed by atoms with Crippen molar-refractivity contribution < 1.29 is 9.59 Å². The van der Waals surface area contributed by atoms with Crippen LogP contribution in [0.1, 0.15) is 30.1 Å². The van der Waals surface area contributed by atoms with Gasteiger partial charge in [0, 0.05) is 31.4 Å². The standard InChI is InChI=1S/C18H21N5O2/c1-3-15(25)22-6-4-12-5-7-23(14(12)9-22)18-16-13(11(2)24)8-19-17(16)20-10-21-18/h3,8,10,12,14H,1,4-7,9H2,2H3,(H,19,20,21). The molecule has 1 amide bonds. The van der Waals surface area contributed by atoms with E-state index in [9.17, 15) is 9.59 Å². The molecule has 0 saturated carbocycles. The van der Waals surface area contributed by atoms with Crippen molar-refractivity contribution in [2.24, 2.45) is 5.92 Å². The van der Waals surface area contributed by atoms with Crippen molar-refractivity contribution in [3.05, 3.63) is 30.7 Å². The minimum atomic E-state index is -0.0239. The zero-order valence-electron chi connectivity index (χ0n) is 14.2. The number of anilines is 1. The van der Waals surface area contributed by atoms with Gasteiger partial charge < -0.3 is 14.8 Å². The van der Waals surface area contributed by atoms with Gasteiger partial charge in [0.05, 0.1) is 11.4 Å². The number of carbonyl (C=O) groups is 2. The summed E-state index contributed by atoms with van der Waals surface area (Å²) in [4.78, 5) is 39.9. The highest BCUT2D eigenvalue weighted by Gasteiger charge is 2.40. The molecule has 2 atom stereocenters. The number of aromatic amines is 1. The Morgan fingerprint density at radius 2 is 2.12 bits per heavy atom. The van der Waals surface area contributed by atoms with E-state index in [1.54, 1.807) is 13.1 Å². The molecular weight excluding hydrogens is 318 g/mol. The number of amides is 1. The molecule has 0 radical (unpaired) electrons. The van der Waals surface area contributed by atoms with Gasteiger partial charge in [-0.25, -0.2) is 9.97 Å².